The zero-order valence-electron chi connectivity index (χ0n) is 41.5. The molecule has 366 valence electrons. The number of ketones is 1. The molecular formula is C52H70N8O7S. The van der Waals surface area contributed by atoms with Crippen LogP contribution in [0.4, 0.5) is 0 Å². The molecule has 1 saturated carbocycles. The van der Waals surface area contributed by atoms with Crippen LogP contribution in [0, 0.1) is 23.2 Å². The maximum absolute atomic E-state index is 14.7. The topological polar surface area (TPSA) is 168 Å². The summed E-state index contributed by atoms with van der Waals surface area (Å²) in [5.74, 6) is -2.45. The van der Waals surface area contributed by atoms with Crippen LogP contribution in [0.3, 0.4) is 0 Å². The fourth-order valence-electron chi connectivity index (χ4n) is 10.2. The molecule has 2 unspecified atom stereocenters. The van der Waals surface area contributed by atoms with Gasteiger partial charge < -0.3 is 29.2 Å². The van der Waals surface area contributed by atoms with E-state index in [4.69, 9.17) is 19.4 Å². The molecule has 1 aromatic carbocycles. The Morgan fingerprint density at radius 2 is 1.85 bits per heavy atom. The van der Waals surface area contributed by atoms with Crippen molar-refractivity contribution in [3.05, 3.63) is 70.3 Å². The quantitative estimate of drug-likeness (QED) is 0.107. The minimum absolute atomic E-state index is 0.0194. The van der Waals surface area contributed by atoms with Crippen molar-refractivity contribution in [1.29, 1.82) is 0 Å². The summed E-state index contributed by atoms with van der Waals surface area (Å²) >= 11 is 1.41. The standard InChI is InChI=1S/C52H70N8O7S/c1-11-59-42-21-20-33-26-37(42)38(47(59)36-15-12-22-53-45(36)32(4)66-10)28-52(5,6)30-67-51(65)39-16-13-24-60(56-39)50(64)40(27-44-54-41(33)29-68-44)55-48(62)46(31(2)3)58(9)49(63)35-19-18-34(25-35)43(61)17-14-23-57(7)8/h12,14-15,17,20-22,26,29,31-32,34-35,39-40,46,56H,11,13,16,18-19,23-25,27-28,30H2,1-10H3,(H,55,62)/b17-14+/t32-,34?,35-,39-,40-,46?/m0/s1. The monoisotopic (exact) mass is 951 g/mol. The van der Waals surface area contributed by atoms with E-state index in [0.717, 1.165) is 44.7 Å². The second kappa shape index (κ2) is 21.6. The summed E-state index contributed by atoms with van der Waals surface area (Å²) in [6.45, 7) is 13.9. The highest BCUT2D eigenvalue weighted by atomic mass is 32.1. The van der Waals surface area contributed by atoms with E-state index in [1.807, 2.05) is 57.3 Å². The first-order valence-electron chi connectivity index (χ1n) is 24.2. The van der Waals surface area contributed by atoms with Gasteiger partial charge in [-0.3, -0.25) is 34.0 Å². The first kappa shape index (κ1) is 50.6. The van der Waals surface area contributed by atoms with Gasteiger partial charge in [0.1, 0.15) is 18.1 Å². The average Bonchev–Trinajstić information content (AvgIpc) is 4.07. The smallest absolute Gasteiger partial charge is 0.324 e. The number of aryl methyl sites for hydroxylation is 1. The predicted molar refractivity (Wildman–Crippen MR) is 264 cm³/mol. The van der Waals surface area contributed by atoms with Gasteiger partial charge in [0.25, 0.3) is 5.91 Å². The number of hydrogen-bond acceptors (Lipinski definition) is 12. The Labute approximate surface area is 405 Å². The van der Waals surface area contributed by atoms with Gasteiger partial charge in [-0.2, -0.15) is 0 Å². The number of carbonyl (C=O) groups is 5. The largest absolute Gasteiger partial charge is 0.464 e. The highest BCUT2D eigenvalue weighted by Crippen LogP contribution is 2.42. The number of carbonyl (C=O) groups excluding carboxylic acids is 5. The number of esters is 1. The van der Waals surface area contributed by atoms with E-state index in [-0.39, 0.29) is 42.7 Å². The van der Waals surface area contributed by atoms with Crippen molar-refractivity contribution in [3.63, 3.8) is 0 Å². The van der Waals surface area contributed by atoms with Crippen LogP contribution in [0.5, 0.6) is 0 Å². The molecule has 0 radical (unpaired) electrons. The van der Waals surface area contributed by atoms with Crippen molar-refractivity contribution >= 4 is 51.7 Å². The summed E-state index contributed by atoms with van der Waals surface area (Å²) in [5, 5.41) is 8.15. The minimum atomic E-state index is -1.08. The molecule has 3 amide bonds. The number of methoxy groups -OCH3 is 1. The second-order valence-corrected chi connectivity index (χ2v) is 21.1. The van der Waals surface area contributed by atoms with Gasteiger partial charge in [-0.05, 0) is 108 Å². The molecule has 2 N–H and O–H groups in total. The number of allylic oxidation sites excluding steroid dienone is 1. The first-order chi connectivity index (χ1) is 32.4. The molecule has 3 aromatic heterocycles. The van der Waals surface area contributed by atoms with Crippen molar-refractivity contribution in [1.82, 2.24) is 40.1 Å². The molecule has 2 fully saturated rings. The maximum Gasteiger partial charge on any atom is 0.324 e. The number of pyridine rings is 1. The van der Waals surface area contributed by atoms with Crippen LogP contribution >= 0.6 is 11.3 Å². The Kier molecular flexibility index (Phi) is 16.0. The van der Waals surface area contributed by atoms with E-state index in [2.05, 4.69) is 60.3 Å². The molecule has 2 aliphatic heterocycles. The fraction of sp³-hybridized carbons (Fsp3) is 0.558. The van der Waals surface area contributed by atoms with E-state index in [9.17, 15) is 24.0 Å². The van der Waals surface area contributed by atoms with Crippen molar-refractivity contribution in [3.8, 4) is 22.5 Å². The number of hydrogen-bond donors (Lipinski definition) is 2. The van der Waals surface area contributed by atoms with E-state index in [0.29, 0.717) is 63.2 Å². The number of rotatable bonds is 13. The molecule has 5 heterocycles. The summed E-state index contributed by atoms with van der Waals surface area (Å²) in [7, 11) is 7.19. The minimum Gasteiger partial charge on any atom is -0.464 e. The third-order valence-corrected chi connectivity index (χ3v) is 14.6. The van der Waals surface area contributed by atoms with Gasteiger partial charge in [0, 0.05) is 91.1 Å². The summed E-state index contributed by atoms with van der Waals surface area (Å²) in [5.41, 5.74) is 9.29. The van der Waals surface area contributed by atoms with Gasteiger partial charge in [0.2, 0.25) is 11.8 Å². The van der Waals surface area contributed by atoms with Gasteiger partial charge in [-0.1, -0.05) is 39.8 Å². The lowest BCUT2D eigenvalue weighted by Gasteiger charge is -2.37. The SMILES string of the molecule is CCn1c(-c2cccnc2[C@H](C)OC)c2c3cc(ccc31)-c1csc(n1)C[C@H](NC(=O)C(C(C)C)N(C)C(=O)[C@H]1CCC(C(=O)/C=C/CN(C)C)C1)C(=O)N1CCC[C@H](N1)C(=O)OCC(C)(C)C2. The molecule has 68 heavy (non-hydrogen) atoms. The molecule has 7 rings (SSSR count). The van der Waals surface area contributed by atoms with Gasteiger partial charge >= 0.3 is 5.97 Å². The number of nitrogens with zero attached hydrogens (tertiary/aromatic N) is 6. The Balaban J connectivity index is 1.22. The van der Waals surface area contributed by atoms with Gasteiger partial charge in [-0.15, -0.1) is 11.3 Å². The Morgan fingerprint density at radius 1 is 1.09 bits per heavy atom. The molecule has 6 atom stereocenters. The van der Waals surface area contributed by atoms with Crippen LogP contribution in [0.1, 0.15) is 96.0 Å². The molecule has 15 nitrogen and oxygen atoms in total. The first-order valence-corrected chi connectivity index (χ1v) is 25.0. The molecule has 1 saturated heterocycles. The third-order valence-electron chi connectivity index (χ3n) is 13.8. The van der Waals surface area contributed by atoms with Crippen LogP contribution in [0.2, 0.25) is 0 Å². The summed E-state index contributed by atoms with van der Waals surface area (Å²) in [6.07, 6.45) is 8.26. The van der Waals surface area contributed by atoms with Crippen LogP contribution in [-0.4, -0.2) is 125 Å². The highest BCUT2D eigenvalue weighted by molar-refractivity contribution is 7.10. The van der Waals surface area contributed by atoms with Crippen molar-refractivity contribution < 1.29 is 33.4 Å². The Bertz CT molecular complexity index is 2530. The van der Waals surface area contributed by atoms with Crippen molar-refractivity contribution in [2.24, 2.45) is 23.2 Å². The van der Waals surface area contributed by atoms with E-state index in [1.165, 1.54) is 21.2 Å². The zero-order chi connectivity index (χ0) is 49.0. The summed E-state index contributed by atoms with van der Waals surface area (Å²) in [4.78, 5) is 83.6. The fourth-order valence-corrected chi connectivity index (χ4v) is 11.0. The normalized spacial score (nSPS) is 22.1. The molecule has 6 bridgehead atoms. The van der Waals surface area contributed by atoms with Crippen LogP contribution in [-0.2, 0) is 52.8 Å². The molecule has 3 aliphatic rings. The van der Waals surface area contributed by atoms with Gasteiger partial charge in [-0.25, -0.2) is 10.4 Å². The van der Waals surface area contributed by atoms with Gasteiger partial charge in [0.15, 0.2) is 5.78 Å². The number of hydrazine groups is 1. The second-order valence-electron chi connectivity index (χ2n) is 20.2. The number of aromatic nitrogens is 3. The zero-order valence-corrected chi connectivity index (χ0v) is 42.3. The highest BCUT2D eigenvalue weighted by Gasteiger charge is 2.41. The number of amides is 3. The van der Waals surface area contributed by atoms with Crippen LogP contribution in [0.25, 0.3) is 33.4 Å². The van der Waals surface area contributed by atoms with Crippen LogP contribution < -0.4 is 10.7 Å². The van der Waals surface area contributed by atoms with Crippen molar-refractivity contribution in [2.45, 2.75) is 117 Å². The Morgan fingerprint density at radius 3 is 2.57 bits per heavy atom. The molecule has 16 heteroatoms. The molecule has 4 aromatic rings. The number of cyclic esters (lactones) is 1. The third kappa shape index (κ3) is 11.1. The number of likely N-dealkylation sites (N-methyl/N-ethyl adjacent to an activating group) is 2. The Hall–Kier alpha value is -5.29. The summed E-state index contributed by atoms with van der Waals surface area (Å²) in [6, 6.07) is 7.67. The van der Waals surface area contributed by atoms with E-state index < -0.39 is 47.2 Å². The van der Waals surface area contributed by atoms with Crippen molar-refractivity contribution in [2.75, 3.05) is 47.9 Å². The van der Waals surface area contributed by atoms with Gasteiger partial charge in [0.05, 0.1) is 34.8 Å². The number of fused-ring (bicyclic) bond motifs is 6. The molecule has 0 spiro atoms. The van der Waals surface area contributed by atoms with E-state index >= 15 is 0 Å². The van der Waals surface area contributed by atoms with Crippen LogP contribution in [0.15, 0.2) is 54.1 Å². The lowest BCUT2D eigenvalue weighted by Crippen LogP contribution is -2.62. The summed E-state index contributed by atoms with van der Waals surface area (Å²) < 4.78 is 14.3. The number of thiazole rings is 1. The number of nitrogens with one attached hydrogen (secondary N) is 2. The maximum atomic E-state index is 14.7. The number of ether oxygens (including phenoxy) is 2. The molecular weight excluding hydrogens is 881 g/mol. The lowest BCUT2D eigenvalue weighted by atomic mass is 9.84. The number of benzene rings is 1. The lowest BCUT2D eigenvalue weighted by molar-refractivity contribution is -0.155. The molecule has 1 aliphatic carbocycles. The average molecular weight is 951 g/mol. The van der Waals surface area contributed by atoms with E-state index in [1.54, 1.807) is 26.4 Å². The predicted octanol–water partition coefficient (Wildman–Crippen LogP) is 6.79.